The van der Waals surface area contributed by atoms with Crippen LogP contribution in [-0.2, 0) is 10.2 Å². The molecule has 0 atom stereocenters. The summed E-state index contributed by atoms with van der Waals surface area (Å²) in [6.45, 7) is 12.4. The molecule has 114 valence electrons. The van der Waals surface area contributed by atoms with Crippen molar-refractivity contribution in [1.82, 2.24) is 14.3 Å². The average Bonchev–Trinajstić information content (AvgIpc) is 2.24. The highest BCUT2D eigenvalue weighted by Crippen LogP contribution is 2.19. The zero-order valence-corrected chi connectivity index (χ0v) is 13.7. The van der Waals surface area contributed by atoms with Crippen LogP contribution in [0.1, 0.15) is 47.5 Å². The van der Waals surface area contributed by atoms with Crippen LogP contribution >= 0.6 is 0 Å². The van der Waals surface area contributed by atoms with Gasteiger partial charge >= 0.3 is 0 Å². The topological polar surface area (TPSA) is 61.4 Å². The van der Waals surface area contributed by atoms with Gasteiger partial charge in [-0.1, -0.05) is 0 Å². The Labute approximate surface area is 118 Å². The fourth-order valence-electron chi connectivity index (χ4n) is 2.18. The lowest BCUT2D eigenvalue weighted by atomic mass is 9.97. The Morgan fingerprint density at radius 3 is 2.16 bits per heavy atom. The molecule has 1 saturated heterocycles. The summed E-state index contributed by atoms with van der Waals surface area (Å²) in [5.74, 6) is 0.574. The molecule has 0 amide bonds. The summed E-state index contributed by atoms with van der Waals surface area (Å²) in [6.07, 6.45) is 1.87. The van der Waals surface area contributed by atoms with Crippen molar-refractivity contribution in [1.29, 1.82) is 0 Å². The fourth-order valence-corrected chi connectivity index (χ4v) is 3.61. The van der Waals surface area contributed by atoms with Crippen LogP contribution in [0.25, 0.3) is 0 Å². The Bertz CT molecular complexity index is 366. The first-order valence-electron chi connectivity index (χ1n) is 7.12. The molecule has 1 rings (SSSR count). The third-order valence-electron chi connectivity index (χ3n) is 3.22. The van der Waals surface area contributed by atoms with Crippen molar-refractivity contribution in [3.05, 3.63) is 0 Å². The van der Waals surface area contributed by atoms with Gasteiger partial charge in [0.1, 0.15) is 0 Å². The van der Waals surface area contributed by atoms with Crippen LogP contribution in [-0.4, -0.2) is 43.9 Å². The number of piperidine rings is 1. The third kappa shape index (κ3) is 6.21. The second kappa shape index (κ2) is 6.52. The number of rotatable bonds is 5. The van der Waals surface area contributed by atoms with Gasteiger partial charge in [-0.05, 0) is 59.9 Å². The van der Waals surface area contributed by atoms with E-state index in [9.17, 15) is 8.42 Å². The molecule has 0 aromatic heterocycles. The quantitative estimate of drug-likeness (QED) is 0.803. The van der Waals surface area contributed by atoms with Gasteiger partial charge in [0.15, 0.2) is 0 Å². The monoisotopic (exact) mass is 291 g/mol. The molecule has 6 heteroatoms. The number of hydrogen-bond acceptors (Lipinski definition) is 3. The van der Waals surface area contributed by atoms with Crippen LogP contribution in [0.15, 0.2) is 0 Å². The Balaban J connectivity index is 2.41. The Hall–Kier alpha value is -0.170. The molecule has 1 aliphatic heterocycles. The standard InChI is InChI=1S/C13H29N3O2S/c1-11(2)15-19(17,18)16-8-6-12(7-9-16)10-14-13(3,4)5/h11-12,14-15H,6-10H2,1-5H3. The Morgan fingerprint density at radius 1 is 1.21 bits per heavy atom. The minimum Gasteiger partial charge on any atom is -0.312 e. The lowest BCUT2D eigenvalue weighted by Crippen LogP contribution is -2.48. The molecule has 0 spiro atoms. The molecule has 1 aliphatic rings. The molecule has 0 unspecified atom stereocenters. The van der Waals surface area contributed by atoms with Crippen LogP contribution in [0.2, 0.25) is 0 Å². The summed E-state index contributed by atoms with van der Waals surface area (Å²) in [5, 5.41) is 3.49. The van der Waals surface area contributed by atoms with E-state index in [1.807, 2.05) is 13.8 Å². The summed E-state index contributed by atoms with van der Waals surface area (Å²) in [6, 6.07) is -0.0507. The van der Waals surface area contributed by atoms with E-state index in [0.717, 1.165) is 19.4 Å². The molecule has 19 heavy (non-hydrogen) atoms. The van der Waals surface area contributed by atoms with Crippen molar-refractivity contribution in [2.45, 2.75) is 59.0 Å². The predicted molar refractivity (Wildman–Crippen MR) is 79.2 cm³/mol. The van der Waals surface area contributed by atoms with E-state index in [-0.39, 0.29) is 11.6 Å². The highest BCUT2D eigenvalue weighted by Gasteiger charge is 2.28. The van der Waals surface area contributed by atoms with Gasteiger partial charge in [-0.3, -0.25) is 0 Å². The zero-order valence-electron chi connectivity index (χ0n) is 12.9. The van der Waals surface area contributed by atoms with Gasteiger partial charge in [-0.2, -0.15) is 17.4 Å². The SMILES string of the molecule is CC(C)NS(=O)(=O)N1CCC(CNC(C)(C)C)CC1. The molecule has 0 aromatic rings. The smallest absolute Gasteiger partial charge is 0.279 e. The summed E-state index contributed by atoms with van der Waals surface area (Å²) >= 11 is 0. The van der Waals surface area contributed by atoms with Gasteiger partial charge in [0, 0.05) is 24.7 Å². The van der Waals surface area contributed by atoms with E-state index in [1.54, 1.807) is 4.31 Å². The van der Waals surface area contributed by atoms with E-state index in [0.29, 0.717) is 19.0 Å². The van der Waals surface area contributed by atoms with Crippen molar-refractivity contribution in [3.63, 3.8) is 0 Å². The number of hydrogen-bond donors (Lipinski definition) is 2. The molecule has 0 aliphatic carbocycles. The van der Waals surface area contributed by atoms with Crippen LogP contribution in [0.3, 0.4) is 0 Å². The number of nitrogens with zero attached hydrogens (tertiary/aromatic N) is 1. The highest BCUT2D eigenvalue weighted by molar-refractivity contribution is 7.87. The molecule has 0 bridgehead atoms. The van der Waals surface area contributed by atoms with Crippen molar-refractivity contribution in [2.24, 2.45) is 5.92 Å². The second-order valence-corrected chi connectivity index (χ2v) is 8.45. The van der Waals surface area contributed by atoms with Crippen molar-refractivity contribution in [2.75, 3.05) is 19.6 Å². The largest absolute Gasteiger partial charge is 0.312 e. The molecular weight excluding hydrogens is 262 g/mol. The summed E-state index contributed by atoms with van der Waals surface area (Å²) in [7, 11) is -3.29. The van der Waals surface area contributed by atoms with E-state index in [4.69, 9.17) is 0 Å². The molecule has 0 radical (unpaired) electrons. The normalized spacial score (nSPS) is 20.1. The van der Waals surface area contributed by atoms with Gasteiger partial charge in [0.2, 0.25) is 0 Å². The molecule has 1 fully saturated rings. The highest BCUT2D eigenvalue weighted by atomic mass is 32.2. The Kier molecular flexibility index (Phi) is 5.79. The van der Waals surface area contributed by atoms with Gasteiger partial charge in [-0.15, -0.1) is 0 Å². The summed E-state index contributed by atoms with van der Waals surface area (Å²) in [4.78, 5) is 0. The van der Waals surface area contributed by atoms with Gasteiger partial charge in [0.05, 0.1) is 0 Å². The number of nitrogens with one attached hydrogen (secondary N) is 2. The van der Waals surface area contributed by atoms with Crippen molar-refractivity contribution >= 4 is 10.2 Å². The Morgan fingerprint density at radius 2 is 1.74 bits per heavy atom. The molecule has 2 N–H and O–H groups in total. The van der Waals surface area contributed by atoms with Gasteiger partial charge < -0.3 is 5.32 Å². The van der Waals surface area contributed by atoms with Crippen LogP contribution in [0.4, 0.5) is 0 Å². The van der Waals surface area contributed by atoms with Crippen molar-refractivity contribution < 1.29 is 8.42 Å². The first-order chi connectivity index (χ1) is 8.60. The lowest BCUT2D eigenvalue weighted by molar-refractivity contribution is 0.249. The van der Waals surface area contributed by atoms with E-state index >= 15 is 0 Å². The molecule has 0 aromatic carbocycles. The van der Waals surface area contributed by atoms with Crippen LogP contribution in [0, 0.1) is 5.92 Å². The molecule has 1 heterocycles. The molecule has 5 nitrogen and oxygen atoms in total. The van der Waals surface area contributed by atoms with Crippen LogP contribution in [0.5, 0.6) is 0 Å². The minimum atomic E-state index is -3.29. The first kappa shape index (κ1) is 16.9. The summed E-state index contributed by atoms with van der Waals surface area (Å²) in [5.41, 5.74) is 0.127. The van der Waals surface area contributed by atoms with Gasteiger partial charge in [-0.25, -0.2) is 0 Å². The zero-order chi connectivity index (χ0) is 14.7. The van der Waals surface area contributed by atoms with E-state index < -0.39 is 10.2 Å². The van der Waals surface area contributed by atoms with E-state index in [1.165, 1.54) is 0 Å². The second-order valence-electron chi connectivity index (χ2n) is 6.75. The third-order valence-corrected chi connectivity index (χ3v) is 5.03. The van der Waals surface area contributed by atoms with E-state index in [2.05, 4.69) is 30.8 Å². The molecule has 0 saturated carbocycles. The minimum absolute atomic E-state index is 0.0507. The maximum absolute atomic E-state index is 12.0. The summed E-state index contributed by atoms with van der Waals surface area (Å²) < 4.78 is 28.3. The molecular formula is C13H29N3O2S. The maximum atomic E-state index is 12.0. The van der Waals surface area contributed by atoms with Gasteiger partial charge in [0.25, 0.3) is 10.2 Å². The average molecular weight is 291 g/mol. The lowest BCUT2D eigenvalue weighted by Gasteiger charge is -2.33. The van der Waals surface area contributed by atoms with Crippen LogP contribution < -0.4 is 10.0 Å². The fraction of sp³-hybridized carbons (Fsp3) is 1.00. The first-order valence-corrected chi connectivity index (χ1v) is 8.56. The van der Waals surface area contributed by atoms with Crippen molar-refractivity contribution in [3.8, 4) is 0 Å². The maximum Gasteiger partial charge on any atom is 0.279 e. The predicted octanol–water partition coefficient (Wildman–Crippen LogP) is 1.33.